The van der Waals surface area contributed by atoms with Crippen LogP contribution in [0.25, 0.3) is 11.3 Å². The van der Waals surface area contributed by atoms with Crippen LogP contribution >= 0.6 is 24.0 Å². The Morgan fingerprint density at radius 3 is 2.88 bits per heavy atom. The molecule has 1 saturated heterocycles. The molecule has 2 N–H and O–H groups in total. The van der Waals surface area contributed by atoms with Gasteiger partial charge >= 0.3 is 0 Å². The number of hydrogen-bond acceptors (Lipinski definition) is 3. The molecule has 0 radical (unpaired) electrons. The van der Waals surface area contributed by atoms with Gasteiger partial charge in [0, 0.05) is 27.2 Å². The molecule has 7 heteroatoms. The SMILES string of the molecule is CN=C(NCC1CCCO1)N(C)Cc1ncc(-c2ccccc2)[nH]1.I. The van der Waals surface area contributed by atoms with Crippen molar-refractivity contribution in [2.45, 2.75) is 25.5 Å². The molecule has 1 aromatic carbocycles. The van der Waals surface area contributed by atoms with E-state index in [1.807, 2.05) is 31.4 Å². The molecule has 0 spiro atoms. The van der Waals surface area contributed by atoms with Crippen LogP contribution in [0.5, 0.6) is 0 Å². The zero-order valence-electron chi connectivity index (χ0n) is 14.7. The fourth-order valence-corrected chi connectivity index (χ4v) is 2.90. The lowest BCUT2D eigenvalue weighted by molar-refractivity contribution is 0.113. The second-order valence-corrected chi connectivity index (χ2v) is 6.03. The minimum atomic E-state index is 0. The first-order valence-electron chi connectivity index (χ1n) is 8.39. The van der Waals surface area contributed by atoms with E-state index >= 15 is 0 Å². The van der Waals surface area contributed by atoms with Gasteiger partial charge in [0.15, 0.2) is 5.96 Å². The summed E-state index contributed by atoms with van der Waals surface area (Å²) in [6.07, 6.45) is 4.44. The average molecular weight is 455 g/mol. The van der Waals surface area contributed by atoms with E-state index < -0.39 is 0 Å². The van der Waals surface area contributed by atoms with E-state index in [4.69, 9.17) is 4.74 Å². The highest BCUT2D eigenvalue weighted by atomic mass is 127. The van der Waals surface area contributed by atoms with Crippen LogP contribution in [0.15, 0.2) is 41.5 Å². The number of aromatic amines is 1. The maximum atomic E-state index is 5.64. The Labute approximate surface area is 166 Å². The highest BCUT2D eigenvalue weighted by Crippen LogP contribution is 2.16. The van der Waals surface area contributed by atoms with Crippen molar-refractivity contribution in [1.82, 2.24) is 20.2 Å². The van der Waals surface area contributed by atoms with Gasteiger partial charge in [-0.25, -0.2) is 4.98 Å². The Morgan fingerprint density at radius 1 is 1.40 bits per heavy atom. The van der Waals surface area contributed by atoms with Gasteiger partial charge in [-0.1, -0.05) is 30.3 Å². The molecule has 1 fully saturated rings. The van der Waals surface area contributed by atoms with Crippen LogP contribution in [-0.2, 0) is 11.3 Å². The molecule has 1 aromatic heterocycles. The highest BCUT2D eigenvalue weighted by molar-refractivity contribution is 14.0. The molecular weight excluding hydrogens is 429 g/mol. The van der Waals surface area contributed by atoms with Crippen molar-refractivity contribution in [3.05, 3.63) is 42.4 Å². The van der Waals surface area contributed by atoms with Gasteiger partial charge in [-0.3, -0.25) is 4.99 Å². The molecule has 0 saturated carbocycles. The first-order chi connectivity index (χ1) is 11.8. The number of nitrogens with zero attached hydrogens (tertiary/aromatic N) is 3. The number of aromatic nitrogens is 2. The van der Waals surface area contributed by atoms with Crippen molar-refractivity contribution in [2.24, 2.45) is 4.99 Å². The largest absolute Gasteiger partial charge is 0.376 e. The number of rotatable bonds is 5. The van der Waals surface area contributed by atoms with E-state index in [-0.39, 0.29) is 24.0 Å². The Balaban J connectivity index is 0.00000225. The lowest BCUT2D eigenvalue weighted by Gasteiger charge is -2.22. The Hall–Kier alpha value is -1.61. The highest BCUT2D eigenvalue weighted by Gasteiger charge is 2.17. The fourth-order valence-electron chi connectivity index (χ4n) is 2.90. The molecule has 3 rings (SSSR count). The fraction of sp³-hybridized carbons (Fsp3) is 0.444. The number of aliphatic imine (C=N–C) groups is 1. The van der Waals surface area contributed by atoms with E-state index in [1.165, 1.54) is 0 Å². The average Bonchev–Trinajstić information content (AvgIpc) is 3.28. The molecule has 1 aliphatic heterocycles. The zero-order valence-corrected chi connectivity index (χ0v) is 17.1. The van der Waals surface area contributed by atoms with E-state index in [1.54, 1.807) is 7.05 Å². The first kappa shape index (κ1) is 19.7. The minimum absolute atomic E-state index is 0. The third kappa shape index (κ3) is 5.43. The first-order valence-corrected chi connectivity index (χ1v) is 8.39. The zero-order chi connectivity index (χ0) is 16.8. The van der Waals surface area contributed by atoms with E-state index in [0.717, 1.165) is 49.0 Å². The Kier molecular flexibility index (Phi) is 7.70. The van der Waals surface area contributed by atoms with Gasteiger partial charge < -0.3 is 19.9 Å². The van der Waals surface area contributed by atoms with E-state index in [0.29, 0.717) is 12.6 Å². The third-order valence-corrected chi connectivity index (χ3v) is 4.19. The number of guanidine groups is 1. The van der Waals surface area contributed by atoms with Crippen LogP contribution in [0.2, 0.25) is 0 Å². The minimum Gasteiger partial charge on any atom is -0.376 e. The van der Waals surface area contributed by atoms with Crippen molar-refractivity contribution in [2.75, 3.05) is 27.2 Å². The topological polar surface area (TPSA) is 65.5 Å². The van der Waals surface area contributed by atoms with E-state index in [9.17, 15) is 0 Å². The Morgan fingerprint density at radius 2 is 2.20 bits per heavy atom. The second kappa shape index (κ2) is 9.76. The predicted octanol–water partition coefficient (Wildman–Crippen LogP) is 2.88. The quantitative estimate of drug-likeness (QED) is 0.414. The number of benzene rings is 1. The van der Waals surface area contributed by atoms with E-state index in [2.05, 4.69) is 37.3 Å². The van der Waals surface area contributed by atoms with Crippen molar-refractivity contribution in [3.8, 4) is 11.3 Å². The van der Waals surface area contributed by atoms with Crippen molar-refractivity contribution in [3.63, 3.8) is 0 Å². The number of hydrogen-bond donors (Lipinski definition) is 2. The summed E-state index contributed by atoms with van der Waals surface area (Å²) < 4.78 is 5.64. The van der Waals surface area contributed by atoms with Crippen LogP contribution in [0.1, 0.15) is 18.7 Å². The molecule has 0 amide bonds. The van der Waals surface area contributed by atoms with Gasteiger partial charge in [0.25, 0.3) is 0 Å². The van der Waals surface area contributed by atoms with Gasteiger partial charge in [0.05, 0.1) is 24.5 Å². The van der Waals surface area contributed by atoms with Gasteiger partial charge in [-0.05, 0) is 18.4 Å². The molecule has 2 aromatic rings. The molecule has 25 heavy (non-hydrogen) atoms. The molecule has 0 bridgehead atoms. The molecule has 136 valence electrons. The maximum Gasteiger partial charge on any atom is 0.193 e. The molecule has 1 unspecified atom stereocenters. The molecule has 1 atom stereocenters. The molecule has 6 nitrogen and oxygen atoms in total. The van der Waals surface area contributed by atoms with Crippen molar-refractivity contribution >= 4 is 29.9 Å². The normalized spacial score (nSPS) is 17.2. The molecule has 1 aliphatic rings. The standard InChI is InChI=1S/C18H25N5O.HI/c1-19-18(21-11-15-9-6-10-24-15)23(2)13-17-20-12-16(22-17)14-7-4-3-5-8-14;/h3-5,7-8,12,15H,6,9-11,13H2,1-2H3,(H,19,21)(H,20,22);1H. The Bertz CT molecular complexity index is 667. The van der Waals surface area contributed by atoms with Crippen LogP contribution in [0.3, 0.4) is 0 Å². The lowest BCUT2D eigenvalue weighted by Crippen LogP contribution is -2.41. The maximum absolute atomic E-state index is 5.64. The van der Waals surface area contributed by atoms with Crippen molar-refractivity contribution in [1.29, 1.82) is 0 Å². The number of H-pyrrole nitrogens is 1. The summed E-state index contributed by atoms with van der Waals surface area (Å²) in [5.74, 6) is 1.76. The lowest BCUT2D eigenvalue weighted by atomic mass is 10.2. The molecule has 0 aliphatic carbocycles. The smallest absolute Gasteiger partial charge is 0.193 e. The predicted molar refractivity (Wildman–Crippen MR) is 111 cm³/mol. The summed E-state index contributed by atoms with van der Waals surface area (Å²) in [5, 5.41) is 3.38. The molecule has 2 heterocycles. The number of halogens is 1. The van der Waals surface area contributed by atoms with Crippen LogP contribution in [0.4, 0.5) is 0 Å². The third-order valence-electron chi connectivity index (χ3n) is 4.19. The number of imidazole rings is 1. The van der Waals surface area contributed by atoms with Crippen LogP contribution in [0, 0.1) is 0 Å². The molecular formula is C18H26IN5O. The van der Waals surface area contributed by atoms with Crippen LogP contribution < -0.4 is 5.32 Å². The summed E-state index contributed by atoms with van der Waals surface area (Å²) in [4.78, 5) is 14.3. The summed E-state index contributed by atoms with van der Waals surface area (Å²) in [6.45, 7) is 2.33. The van der Waals surface area contributed by atoms with Gasteiger partial charge in [0.2, 0.25) is 0 Å². The summed E-state index contributed by atoms with van der Waals surface area (Å²) in [6, 6.07) is 10.2. The van der Waals surface area contributed by atoms with Gasteiger partial charge in [-0.2, -0.15) is 0 Å². The van der Waals surface area contributed by atoms with Crippen molar-refractivity contribution < 1.29 is 4.74 Å². The second-order valence-electron chi connectivity index (χ2n) is 6.03. The van der Waals surface area contributed by atoms with Gasteiger partial charge in [-0.15, -0.1) is 24.0 Å². The number of nitrogens with one attached hydrogen (secondary N) is 2. The summed E-state index contributed by atoms with van der Waals surface area (Å²) in [7, 11) is 3.81. The monoisotopic (exact) mass is 455 g/mol. The summed E-state index contributed by atoms with van der Waals surface area (Å²) in [5.41, 5.74) is 2.17. The van der Waals surface area contributed by atoms with Gasteiger partial charge in [0.1, 0.15) is 5.82 Å². The van der Waals surface area contributed by atoms with Crippen LogP contribution in [-0.4, -0.2) is 54.2 Å². The number of ether oxygens (including phenoxy) is 1. The summed E-state index contributed by atoms with van der Waals surface area (Å²) >= 11 is 0.